The molecule has 0 aliphatic heterocycles. The number of hydrogen-bond acceptors (Lipinski definition) is 3. The summed E-state index contributed by atoms with van der Waals surface area (Å²) < 4.78 is 1.89. The quantitative estimate of drug-likeness (QED) is 0.781. The minimum absolute atomic E-state index is 0.279. The minimum atomic E-state index is -0.946. The van der Waals surface area contributed by atoms with E-state index in [1.807, 2.05) is 16.8 Å². The van der Waals surface area contributed by atoms with Gasteiger partial charge in [0.2, 0.25) is 0 Å². The fourth-order valence-corrected chi connectivity index (χ4v) is 2.36. The number of benzene rings is 1. The maximum Gasteiger partial charge on any atom is 0.336 e. The van der Waals surface area contributed by atoms with E-state index in [4.69, 9.17) is 5.73 Å². The normalized spacial score (nSPS) is 12.8. The van der Waals surface area contributed by atoms with E-state index in [1.54, 1.807) is 19.9 Å². The molecule has 2 aromatic rings. The van der Waals surface area contributed by atoms with Gasteiger partial charge >= 0.3 is 5.97 Å². The van der Waals surface area contributed by atoms with Crippen molar-refractivity contribution in [3.63, 3.8) is 0 Å². The minimum Gasteiger partial charge on any atom is -0.478 e. The number of carboxylic acid groups (broad SMARTS) is 1. The number of aliphatic hydroxyl groups excluding tert-OH is 1. The molecule has 0 fully saturated rings. The second-order valence-electron chi connectivity index (χ2n) is 4.73. The van der Waals surface area contributed by atoms with Gasteiger partial charge in [-0.15, -0.1) is 0 Å². The van der Waals surface area contributed by atoms with Crippen LogP contribution in [-0.4, -0.2) is 27.3 Å². The van der Waals surface area contributed by atoms with Gasteiger partial charge in [-0.3, -0.25) is 0 Å². The predicted molar refractivity (Wildman–Crippen MR) is 73.3 cm³/mol. The van der Waals surface area contributed by atoms with Crippen molar-refractivity contribution in [2.24, 2.45) is 5.73 Å². The van der Waals surface area contributed by atoms with Gasteiger partial charge in [-0.25, -0.2) is 4.79 Å². The molecule has 1 heterocycles. The zero-order chi connectivity index (χ0) is 14.2. The van der Waals surface area contributed by atoms with Gasteiger partial charge in [-0.2, -0.15) is 0 Å². The van der Waals surface area contributed by atoms with Crippen molar-refractivity contribution >= 4 is 16.9 Å². The van der Waals surface area contributed by atoms with Crippen molar-refractivity contribution in [1.82, 2.24) is 4.57 Å². The standard InChI is InChI=1S/C14H18N2O3/c1-8-5-11-12(9(2)17)7-16(4-3-15)13(11)6-10(8)14(18)19/h5-7,9,17H,3-4,15H2,1-2H3,(H,18,19). The molecule has 1 aromatic heterocycles. The van der Waals surface area contributed by atoms with Crippen LogP contribution >= 0.6 is 0 Å². The van der Waals surface area contributed by atoms with Crippen LogP contribution in [0, 0.1) is 6.92 Å². The molecule has 0 saturated heterocycles. The SMILES string of the molecule is Cc1cc2c(C(C)O)cn(CCN)c2cc1C(=O)O. The van der Waals surface area contributed by atoms with Crippen LogP contribution in [0.2, 0.25) is 0 Å². The summed E-state index contributed by atoms with van der Waals surface area (Å²) in [7, 11) is 0. The molecule has 0 saturated carbocycles. The van der Waals surface area contributed by atoms with E-state index in [-0.39, 0.29) is 5.56 Å². The van der Waals surface area contributed by atoms with Crippen LogP contribution in [-0.2, 0) is 6.54 Å². The molecule has 0 amide bonds. The van der Waals surface area contributed by atoms with Gasteiger partial charge in [-0.1, -0.05) is 0 Å². The molecule has 1 unspecified atom stereocenters. The van der Waals surface area contributed by atoms with E-state index < -0.39 is 12.1 Å². The Kier molecular flexibility index (Phi) is 3.59. The van der Waals surface area contributed by atoms with Gasteiger partial charge in [0.25, 0.3) is 0 Å². The summed E-state index contributed by atoms with van der Waals surface area (Å²) in [4.78, 5) is 11.2. The lowest BCUT2D eigenvalue weighted by atomic mass is 10.0. The van der Waals surface area contributed by atoms with Gasteiger partial charge in [0.15, 0.2) is 0 Å². The number of hydrogen-bond donors (Lipinski definition) is 3. The van der Waals surface area contributed by atoms with Gasteiger partial charge in [0, 0.05) is 35.8 Å². The molecular weight excluding hydrogens is 244 g/mol. The fraction of sp³-hybridized carbons (Fsp3) is 0.357. The molecule has 0 spiro atoms. The first-order valence-corrected chi connectivity index (χ1v) is 6.20. The molecular formula is C14H18N2O3. The van der Waals surface area contributed by atoms with Crippen molar-refractivity contribution in [3.05, 3.63) is 35.0 Å². The van der Waals surface area contributed by atoms with Gasteiger partial charge in [0.1, 0.15) is 0 Å². The van der Waals surface area contributed by atoms with E-state index in [0.29, 0.717) is 18.7 Å². The van der Waals surface area contributed by atoms with Crippen molar-refractivity contribution in [2.45, 2.75) is 26.5 Å². The largest absolute Gasteiger partial charge is 0.478 e. The average Bonchev–Trinajstić information content (AvgIpc) is 2.66. The number of fused-ring (bicyclic) bond motifs is 1. The van der Waals surface area contributed by atoms with Crippen LogP contribution in [0.4, 0.5) is 0 Å². The van der Waals surface area contributed by atoms with E-state index in [1.165, 1.54) is 0 Å². The Labute approximate surface area is 111 Å². The lowest BCUT2D eigenvalue weighted by Crippen LogP contribution is -2.09. The van der Waals surface area contributed by atoms with Crippen molar-refractivity contribution < 1.29 is 15.0 Å². The number of aromatic nitrogens is 1. The topological polar surface area (TPSA) is 88.5 Å². The molecule has 4 N–H and O–H groups in total. The van der Waals surface area contributed by atoms with Crippen LogP contribution in [0.25, 0.3) is 10.9 Å². The highest BCUT2D eigenvalue weighted by Crippen LogP contribution is 2.29. The summed E-state index contributed by atoms with van der Waals surface area (Å²) in [5.74, 6) is -0.946. The Morgan fingerprint density at radius 2 is 2.16 bits per heavy atom. The molecule has 1 aromatic carbocycles. The summed E-state index contributed by atoms with van der Waals surface area (Å²) in [6.45, 7) is 4.50. The molecule has 5 nitrogen and oxygen atoms in total. The predicted octanol–water partition coefficient (Wildman–Crippen LogP) is 1.66. The smallest absolute Gasteiger partial charge is 0.336 e. The Morgan fingerprint density at radius 1 is 1.47 bits per heavy atom. The van der Waals surface area contributed by atoms with E-state index in [2.05, 4.69) is 0 Å². The number of carboxylic acids is 1. The third kappa shape index (κ3) is 2.34. The average molecular weight is 262 g/mol. The lowest BCUT2D eigenvalue weighted by Gasteiger charge is -2.06. The number of aliphatic hydroxyl groups is 1. The van der Waals surface area contributed by atoms with Gasteiger partial charge < -0.3 is 20.5 Å². The highest BCUT2D eigenvalue weighted by Gasteiger charge is 2.16. The van der Waals surface area contributed by atoms with Gasteiger partial charge in [0.05, 0.1) is 11.7 Å². The van der Waals surface area contributed by atoms with Crippen LogP contribution < -0.4 is 5.73 Å². The number of nitrogens with zero attached hydrogens (tertiary/aromatic N) is 1. The molecule has 0 aliphatic carbocycles. The highest BCUT2D eigenvalue weighted by molar-refractivity contribution is 5.96. The van der Waals surface area contributed by atoms with E-state index >= 15 is 0 Å². The van der Waals surface area contributed by atoms with Crippen molar-refractivity contribution in [3.8, 4) is 0 Å². The molecule has 1 atom stereocenters. The first kappa shape index (κ1) is 13.6. The maximum atomic E-state index is 11.2. The first-order valence-electron chi connectivity index (χ1n) is 6.20. The van der Waals surface area contributed by atoms with Crippen LogP contribution in [0.5, 0.6) is 0 Å². The first-order chi connectivity index (χ1) is 8.95. The number of nitrogens with two attached hydrogens (primary N) is 1. The maximum absolute atomic E-state index is 11.2. The Bertz CT molecular complexity index is 629. The summed E-state index contributed by atoms with van der Waals surface area (Å²) in [6.07, 6.45) is 1.24. The van der Waals surface area contributed by atoms with Crippen LogP contribution in [0.15, 0.2) is 18.3 Å². The molecule has 0 aliphatic rings. The Hall–Kier alpha value is -1.85. The van der Waals surface area contributed by atoms with Crippen LogP contribution in [0.1, 0.15) is 34.5 Å². The Morgan fingerprint density at radius 3 is 2.68 bits per heavy atom. The second kappa shape index (κ2) is 5.03. The molecule has 102 valence electrons. The monoisotopic (exact) mass is 262 g/mol. The summed E-state index contributed by atoms with van der Waals surface area (Å²) in [5.41, 5.74) is 8.12. The third-order valence-corrected chi connectivity index (χ3v) is 3.31. The highest BCUT2D eigenvalue weighted by atomic mass is 16.4. The van der Waals surface area contributed by atoms with E-state index in [9.17, 15) is 15.0 Å². The molecule has 2 rings (SSSR count). The number of aromatic carboxylic acids is 1. The molecule has 5 heteroatoms. The molecule has 19 heavy (non-hydrogen) atoms. The number of aryl methyl sites for hydroxylation is 1. The lowest BCUT2D eigenvalue weighted by molar-refractivity contribution is 0.0696. The fourth-order valence-electron chi connectivity index (χ4n) is 2.36. The zero-order valence-corrected chi connectivity index (χ0v) is 11.1. The van der Waals surface area contributed by atoms with Gasteiger partial charge in [-0.05, 0) is 31.5 Å². The van der Waals surface area contributed by atoms with E-state index in [0.717, 1.165) is 16.5 Å². The second-order valence-corrected chi connectivity index (χ2v) is 4.73. The van der Waals surface area contributed by atoms with Crippen LogP contribution in [0.3, 0.4) is 0 Å². The number of rotatable bonds is 4. The zero-order valence-electron chi connectivity index (χ0n) is 11.1. The molecule has 0 radical (unpaired) electrons. The summed E-state index contributed by atoms with van der Waals surface area (Å²) in [6, 6.07) is 3.46. The summed E-state index contributed by atoms with van der Waals surface area (Å²) >= 11 is 0. The number of carbonyl (C=O) groups is 1. The van der Waals surface area contributed by atoms with Crippen molar-refractivity contribution in [2.75, 3.05) is 6.54 Å². The Balaban J connectivity index is 2.75. The van der Waals surface area contributed by atoms with Crippen molar-refractivity contribution in [1.29, 1.82) is 0 Å². The molecule has 0 bridgehead atoms. The summed E-state index contributed by atoms with van der Waals surface area (Å²) in [5, 5.41) is 19.9. The third-order valence-electron chi connectivity index (χ3n) is 3.31.